The SMILES string of the molecule is COc1cc2ncc(C#N)c(Nc3ccc(N(Cc4cccnc4)C(C)=O)c(Cl)c3)c2cc1NC(C)=O. The Labute approximate surface area is 218 Å². The predicted octanol–water partition coefficient (Wildman–Crippen LogP) is 5.42. The van der Waals surface area contributed by atoms with Gasteiger partial charge in [0.1, 0.15) is 11.8 Å². The number of aromatic nitrogens is 2. The van der Waals surface area contributed by atoms with E-state index in [1.54, 1.807) is 53.7 Å². The molecule has 2 heterocycles. The standard InChI is InChI=1S/C27H23ClN6O3/c1-16(35)32-24-10-21-23(11-26(24)37-3)31-14-19(12-29)27(21)33-20-6-7-25(22(28)9-20)34(17(2)36)15-18-5-4-8-30-13-18/h4-11,13-14H,15H2,1-3H3,(H,31,33)(H,32,35). The number of hydrogen-bond donors (Lipinski definition) is 2. The first kappa shape index (κ1) is 25.4. The highest BCUT2D eigenvalue weighted by atomic mass is 35.5. The number of nitrogens with one attached hydrogen (secondary N) is 2. The fourth-order valence-electron chi connectivity index (χ4n) is 3.88. The molecular weight excluding hydrogens is 492 g/mol. The number of halogens is 1. The molecule has 0 fully saturated rings. The zero-order valence-electron chi connectivity index (χ0n) is 20.4. The first-order valence-corrected chi connectivity index (χ1v) is 11.6. The molecule has 0 atom stereocenters. The molecular formula is C27H23ClN6O3. The van der Waals surface area contributed by atoms with Gasteiger partial charge in [0.05, 0.1) is 46.8 Å². The van der Waals surface area contributed by atoms with E-state index in [9.17, 15) is 14.9 Å². The Kier molecular flexibility index (Phi) is 7.51. The van der Waals surface area contributed by atoms with Crippen LogP contribution in [0.2, 0.25) is 5.02 Å². The van der Waals surface area contributed by atoms with Crippen molar-refractivity contribution in [3.8, 4) is 11.8 Å². The largest absolute Gasteiger partial charge is 0.494 e. The minimum absolute atomic E-state index is 0.169. The van der Waals surface area contributed by atoms with Crippen molar-refractivity contribution in [3.05, 3.63) is 77.2 Å². The number of ether oxygens (including phenoxy) is 1. The van der Waals surface area contributed by atoms with Gasteiger partial charge < -0.3 is 20.3 Å². The van der Waals surface area contributed by atoms with Crippen molar-refractivity contribution in [1.29, 1.82) is 5.26 Å². The lowest BCUT2D eigenvalue weighted by molar-refractivity contribution is -0.116. The minimum atomic E-state index is -0.264. The summed E-state index contributed by atoms with van der Waals surface area (Å²) < 4.78 is 5.39. The van der Waals surface area contributed by atoms with Gasteiger partial charge in [-0.3, -0.25) is 19.6 Å². The molecule has 9 nitrogen and oxygen atoms in total. The summed E-state index contributed by atoms with van der Waals surface area (Å²) in [4.78, 5) is 34.2. The van der Waals surface area contributed by atoms with Gasteiger partial charge in [0, 0.05) is 49.6 Å². The van der Waals surface area contributed by atoms with Crippen LogP contribution >= 0.6 is 11.6 Å². The zero-order chi connectivity index (χ0) is 26.5. The van der Waals surface area contributed by atoms with E-state index in [-0.39, 0.29) is 11.8 Å². The van der Waals surface area contributed by atoms with E-state index < -0.39 is 0 Å². The Morgan fingerprint density at radius 2 is 1.97 bits per heavy atom. The molecule has 2 aromatic carbocycles. The second kappa shape index (κ2) is 10.9. The molecule has 37 heavy (non-hydrogen) atoms. The van der Waals surface area contributed by atoms with E-state index in [4.69, 9.17) is 16.3 Å². The molecule has 0 saturated carbocycles. The van der Waals surface area contributed by atoms with Gasteiger partial charge in [-0.1, -0.05) is 17.7 Å². The first-order chi connectivity index (χ1) is 17.8. The van der Waals surface area contributed by atoms with Crippen molar-refractivity contribution in [2.24, 2.45) is 0 Å². The van der Waals surface area contributed by atoms with Gasteiger partial charge in [-0.2, -0.15) is 5.26 Å². The van der Waals surface area contributed by atoms with Gasteiger partial charge in [0.2, 0.25) is 11.8 Å². The third-order valence-electron chi connectivity index (χ3n) is 5.57. The van der Waals surface area contributed by atoms with Crippen LogP contribution in [0.1, 0.15) is 25.0 Å². The highest BCUT2D eigenvalue weighted by Crippen LogP contribution is 2.37. The summed E-state index contributed by atoms with van der Waals surface area (Å²) >= 11 is 6.62. The predicted molar refractivity (Wildman–Crippen MR) is 143 cm³/mol. The average molecular weight is 515 g/mol. The van der Waals surface area contributed by atoms with Gasteiger partial charge in [-0.15, -0.1) is 0 Å². The van der Waals surface area contributed by atoms with Gasteiger partial charge in [0.25, 0.3) is 0 Å². The molecule has 0 unspecified atom stereocenters. The van der Waals surface area contributed by atoms with Gasteiger partial charge in [-0.25, -0.2) is 0 Å². The maximum atomic E-state index is 12.4. The molecule has 4 aromatic rings. The third-order valence-corrected chi connectivity index (χ3v) is 5.87. The van der Waals surface area contributed by atoms with Crippen LogP contribution in [0.4, 0.5) is 22.7 Å². The molecule has 2 amide bonds. The summed E-state index contributed by atoms with van der Waals surface area (Å²) in [5.41, 5.74) is 3.81. The lowest BCUT2D eigenvalue weighted by Gasteiger charge is -2.23. The Balaban J connectivity index is 1.73. The topological polar surface area (TPSA) is 120 Å². The number of hydrogen-bond acceptors (Lipinski definition) is 7. The number of anilines is 4. The Bertz CT molecular complexity index is 1540. The summed E-state index contributed by atoms with van der Waals surface area (Å²) in [6, 6.07) is 14.4. The van der Waals surface area contributed by atoms with Crippen LogP contribution in [0, 0.1) is 11.3 Å². The molecule has 10 heteroatoms. The van der Waals surface area contributed by atoms with Crippen LogP contribution < -0.4 is 20.3 Å². The molecule has 0 saturated heterocycles. The van der Waals surface area contributed by atoms with Gasteiger partial charge >= 0.3 is 0 Å². The highest BCUT2D eigenvalue weighted by Gasteiger charge is 2.18. The van der Waals surface area contributed by atoms with Crippen molar-refractivity contribution in [2.45, 2.75) is 20.4 Å². The summed E-state index contributed by atoms with van der Waals surface area (Å²) in [6.45, 7) is 3.19. The van der Waals surface area contributed by atoms with Gasteiger partial charge in [-0.05, 0) is 35.9 Å². The van der Waals surface area contributed by atoms with Crippen molar-refractivity contribution >= 4 is 57.1 Å². The molecule has 2 N–H and O–H groups in total. The van der Waals surface area contributed by atoms with Crippen LogP contribution in [0.5, 0.6) is 5.75 Å². The van der Waals surface area contributed by atoms with Crippen molar-refractivity contribution < 1.29 is 14.3 Å². The minimum Gasteiger partial charge on any atom is -0.494 e. The normalized spacial score (nSPS) is 10.5. The molecule has 0 aliphatic rings. The molecule has 0 aliphatic carbocycles. The Morgan fingerprint density at radius 1 is 1.16 bits per heavy atom. The van der Waals surface area contributed by atoms with E-state index in [0.717, 1.165) is 5.56 Å². The molecule has 2 aromatic heterocycles. The average Bonchev–Trinajstić information content (AvgIpc) is 2.88. The van der Waals surface area contributed by atoms with E-state index in [2.05, 4.69) is 26.7 Å². The van der Waals surface area contributed by atoms with Crippen LogP contribution in [-0.2, 0) is 16.1 Å². The van der Waals surface area contributed by atoms with Crippen LogP contribution in [0.3, 0.4) is 0 Å². The van der Waals surface area contributed by atoms with Crippen LogP contribution in [0.25, 0.3) is 10.9 Å². The van der Waals surface area contributed by atoms with Crippen LogP contribution in [-0.4, -0.2) is 28.9 Å². The summed E-state index contributed by atoms with van der Waals surface area (Å²) in [7, 11) is 1.50. The lowest BCUT2D eigenvalue weighted by Crippen LogP contribution is -2.28. The second-order valence-corrected chi connectivity index (χ2v) is 8.57. The number of benzene rings is 2. The zero-order valence-corrected chi connectivity index (χ0v) is 21.1. The summed E-state index contributed by atoms with van der Waals surface area (Å²) in [6.07, 6.45) is 4.83. The van der Waals surface area contributed by atoms with Crippen molar-refractivity contribution in [1.82, 2.24) is 9.97 Å². The summed E-state index contributed by atoms with van der Waals surface area (Å²) in [5.74, 6) is 0.00855. The summed E-state index contributed by atoms with van der Waals surface area (Å²) in [5, 5.41) is 16.7. The van der Waals surface area contributed by atoms with E-state index >= 15 is 0 Å². The maximum absolute atomic E-state index is 12.4. The maximum Gasteiger partial charge on any atom is 0.224 e. The monoisotopic (exact) mass is 514 g/mol. The number of pyridine rings is 2. The quantitative estimate of drug-likeness (QED) is 0.338. The Hall–Kier alpha value is -4.68. The van der Waals surface area contributed by atoms with Gasteiger partial charge in [0.15, 0.2) is 0 Å². The number of nitriles is 1. The molecule has 0 radical (unpaired) electrons. The third kappa shape index (κ3) is 5.60. The number of carbonyl (C=O) groups excluding carboxylic acids is 2. The number of rotatable bonds is 7. The molecule has 4 rings (SSSR count). The van der Waals surface area contributed by atoms with E-state index in [1.807, 2.05) is 6.07 Å². The molecule has 0 bridgehead atoms. The van der Waals surface area contributed by atoms with Crippen molar-refractivity contribution in [3.63, 3.8) is 0 Å². The van der Waals surface area contributed by atoms with Crippen molar-refractivity contribution in [2.75, 3.05) is 22.6 Å². The smallest absolute Gasteiger partial charge is 0.224 e. The van der Waals surface area contributed by atoms with E-state index in [1.165, 1.54) is 27.2 Å². The fourth-order valence-corrected chi connectivity index (χ4v) is 4.17. The van der Waals surface area contributed by atoms with E-state index in [0.29, 0.717) is 56.5 Å². The highest BCUT2D eigenvalue weighted by molar-refractivity contribution is 6.34. The molecule has 186 valence electrons. The second-order valence-electron chi connectivity index (χ2n) is 8.17. The molecule has 0 spiro atoms. The molecule has 0 aliphatic heterocycles. The number of fused-ring (bicyclic) bond motifs is 1. The Morgan fingerprint density at radius 3 is 2.59 bits per heavy atom. The number of methoxy groups -OCH3 is 1. The number of carbonyl (C=O) groups is 2. The number of nitrogens with zero attached hydrogens (tertiary/aromatic N) is 4. The number of amides is 2. The first-order valence-electron chi connectivity index (χ1n) is 11.2. The fraction of sp³-hybridized carbons (Fsp3) is 0.148. The lowest BCUT2D eigenvalue weighted by atomic mass is 10.1. The van der Waals surface area contributed by atoms with Crippen LogP contribution in [0.15, 0.2) is 61.1 Å².